The van der Waals surface area contributed by atoms with E-state index in [0.29, 0.717) is 6.04 Å². The number of halogens is 1. The molecule has 0 saturated heterocycles. The van der Waals surface area contributed by atoms with Gasteiger partial charge in [0, 0.05) is 24.3 Å². The molecular weight excluding hydrogens is 323 g/mol. The van der Waals surface area contributed by atoms with E-state index in [-0.39, 0.29) is 5.75 Å². The lowest BCUT2D eigenvalue weighted by Gasteiger charge is -2.29. The summed E-state index contributed by atoms with van der Waals surface area (Å²) < 4.78 is 16.3. The van der Waals surface area contributed by atoms with Gasteiger partial charge in [-0.3, -0.25) is 0 Å². The number of anilines is 2. The summed E-state index contributed by atoms with van der Waals surface area (Å²) >= 11 is 1.58. The van der Waals surface area contributed by atoms with Crippen molar-refractivity contribution in [3.63, 3.8) is 0 Å². The average molecular weight is 346 g/mol. The molecule has 128 valence electrons. The van der Waals surface area contributed by atoms with Crippen LogP contribution in [0.3, 0.4) is 0 Å². The molecule has 0 fully saturated rings. The number of fused-ring (bicyclic) bond motifs is 1. The fourth-order valence-electron chi connectivity index (χ4n) is 3.04. The van der Waals surface area contributed by atoms with Crippen LogP contribution in [0.1, 0.15) is 26.2 Å². The highest BCUT2D eigenvalue weighted by atomic mass is 32.2. The first-order valence-electron chi connectivity index (χ1n) is 8.36. The summed E-state index contributed by atoms with van der Waals surface area (Å²) in [7, 11) is 2.07. The highest BCUT2D eigenvalue weighted by Gasteiger charge is 2.28. The van der Waals surface area contributed by atoms with Crippen LogP contribution in [0.5, 0.6) is 5.75 Å². The molecule has 0 amide bonds. The zero-order chi connectivity index (χ0) is 17.1. The second kappa shape index (κ2) is 7.45. The van der Waals surface area contributed by atoms with E-state index in [0.717, 1.165) is 42.1 Å². The Bertz CT molecular complexity index is 695. The summed E-state index contributed by atoms with van der Waals surface area (Å²) in [5, 5.41) is 9.79. The van der Waals surface area contributed by atoms with Crippen molar-refractivity contribution in [3.05, 3.63) is 48.3 Å². The predicted octanol–water partition coefficient (Wildman–Crippen LogP) is 5.18. The Balaban J connectivity index is 2.05. The first-order valence-corrected chi connectivity index (χ1v) is 9.13. The number of hydrogen-bond acceptors (Lipinski definition) is 4. The van der Waals surface area contributed by atoms with Gasteiger partial charge in [-0.05, 0) is 43.6 Å². The average Bonchev–Trinajstić information content (AvgIpc) is 2.71. The van der Waals surface area contributed by atoms with Crippen molar-refractivity contribution in [2.75, 3.05) is 18.5 Å². The number of rotatable bonds is 4. The molecule has 0 aliphatic carbocycles. The first-order chi connectivity index (χ1) is 11.6. The minimum absolute atomic E-state index is 0.297. The zero-order valence-corrected chi connectivity index (χ0v) is 14.9. The van der Waals surface area contributed by atoms with Crippen molar-refractivity contribution in [2.45, 2.75) is 37.1 Å². The molecule has 1 aliphatic rings. The monoisotopic (exact) mass is 346 g/mol. The Morgan fingerprint density at radius 2 is 2.00 bits per heavy atom. The van der Waals surface area contributed by atoms with Crippen LogP contribution >= 0.6 is 11.9 Å². The molecule has 1 N–H and O–H groups in total. The Hall–Kier alpha value is -1.72. The van der Waals surface area contributed by atoms with Gasteiger partial charge in [-0.2, -0.15) is 0 Å². The molecule has 2 aromatic carbocycles. The molecular formula is C19H23FN2OS. The molecule has 1 unspecified atom stereocenters. The topological polar surface area (TPSA) is 26.7 Å². The molecule has 3 nitrogen and oxygen atoms in total. The number of benzene rings is 2. The van der Waals surface area contributed by atoms with Gasteiger partial charge in [0.15, 0.2) is 11.6 Å². The second-order valence-corrected chi connectivity index (χ2v) is 7.35. The molecule has 0 spiro atoms. The Morgan fingerprint density at radius 1 is 1.25 bits per heavy atom. The number of para-hydroxylation sites is 1. The highest BCUT2D eigenvalue weighted by molar-refractivity contribution is 7.97. The Labute approximate surface area is 147 Å². The van der Waals surface area contributed by atoms with Crippen LogP contribution in [-0.4, -0.2) is 29.0 Å². The highest BCUT2D eigenvalue weighted by Crippen LogP contribution is 2.43. The van der Waals surface area contributed by atoms with Crippen LogP contribution in [0.4, 0.5) is 15.8 Å². The van der Waals surface area contributed by atoms with Gasteiger partial charge in [0.25, 0.3) is 0 Å². The number of aromatic hydroxyl groups is 1. The maximum absolute atomic E-state index is 14.0. The molecule has 0 aromatic heterocycles. The quantitative estimate of drug-likeness (QED) is 0.772. The summed E-state index contributed by atoms with van der Waals surface area (Å²) in [6, 6.07) is 13.4. The third-order valence-electron chi connectivity index (χ3n) is 4.43. The van der Waals surface area contributed by atoms with Gasteiger partial charge < -0.3 is 10.0 Å². The van der Waals surface area contributed by atoms with Crippen molar-refractivity contribution in [1.29, 1.82) is 0 Å². The van der Waals surface area contributed by atoms with Gasteiger partial charge in [-0.1, -0.05) is 38.0 Å². The molecule has 0 saturated carbocycles. The van der Waals surface area contributed by atoms with Gasteiger partial charge in [0.05, 0.1) is 10.6 Å². The van der Waals surface area contributed by atoms with Crippen LogP contribution < -0.4 is 4.90 Å². The summed E-state index contributed by atoms with van der Waals surface area (Å²) in [6.45, 7) is 2.99. The smallest absolute Gasteiger partial charge is 0.166 e. The number of unbranched alkanes of at least 4 members (excludes halogenated alkanes) is 1. The minimum Gasteiger partial charge on any atom is -0.505 e. The third kappa shape index (κ3) is 3.52. The summed E-state index contributed by atoms with van der Waals surface area (Å²) in [6.07, 6.45) is 3.41. The van der Waals surface area contributed by atoms with Gasteiger partial charge in [-0.15, -0.1) is 0 Å². The molecule has 2 aromatic rings. The van der Waals surface area contributed by atoms with E-state index in [4.69, 9.17) is 0 Å². The maximum atomic E-state index is 14.0. The molecule has 24 heavy (non-hydrogen) atoms. The fraction of sp³-hybridized carbons (Fsp3) is 0.368. The molecule has 0 bridgehead atoms. The van der Waals surface area contributed by atoms with E-state index < -0.39 is 5.82 Å². The maximum Gasteiger partial charge on any atom is 0.166 e. The largest absolute Gasteiger partial charge is 0.505 e. The Morgan fingerprint density at radius 3 is 2.71 bits per heavy atom. The van der Waals surface area contributed by atoms with Gasteiger partial charge in [-0.25, -0.2) is 8.70 Å². The lowest BCUT2D eigenvalue weighted by molar-refractivity contribution is 0.382. The molecule has 1 atom stereocenters. The van der Waals surface area contributed by atoms with E-state index in [1.165, 1.54) is 12.1 Å². The van der Waals surface area contributed by atoms with Crippen LogP contribution in [0.15, 0.2) is 47.4 Å². The Kier molecular flexibility index (Phi) is 5.31. The minimum atomic E-state index is -0.579. The van der Waals surface area contributed by atoms with Crippen molar-refractivity contribution in [2.24, 2.45) is 0 Å². The molecule has 1 aliphatic heterocycles. The molecule has 0 radical (unpaired) electrons. The summed E-state index contributed by atoms with van der Waals surface area (Å²) in [4.78, 5) is 3.04. The number of likely N-dealkylation sites (N-methyl/N-ethyl adjacent to an activating group) is 1. The number of phenolic OH excluding ortho intramolecular Hbond substituents is 1. The van der Waals surface area contributed by atoms with Crippen LogP contribution in [0.2, 0.25) is 0 Å². The molecule has 1 heterocycles. The second-order valence-electron chi connectivity index (χ2n) is 6.15. The fourth-order valence-corrected chi connectivity index (χ4v) is 4.09. The van der Waals surface area contributed by atoms with E-state index in [1.54, 1.807) is 11.9 Å². The van der Waals surface area contributed by atoms with Crippen molar-refractivity contribution in [1.82, 2.24) is 4.31 Å². The zero-order valence-electron chi connectivity index (χ0n) is 14.1. The molecule has 5 heteroatoms. The van der Waals surface area contributed by atoms with Crippen LogP contribution in [0.25, 0.3) is 0 Å². The normalized spacial score (nSPS) is 18.3. The van der Waals surface area contributed by atoms with E-state index in [9.17, 15) is 9.50 Å². The lowest BCUT2D eigenvalue weighted by atomic mass is 10.1. The SMILES string of the molecule is CCCCC1CN(c2ccccc2)c2cc(F)c(O)cc2SN1C. The van der Waals surface area contributed by atoms with Crippen molar-refractivity contribution in [3.8, 4) is 5.75 Å². The third-order valence-corrected chi connectivity index (χ3v) is 5.54. The van der Waals surface area contributed by atoms with E-state index in [2.05, 4.69) is 23.2 Å². The molecule has 3 rings (SSSR count). The summed E-state index contributed by atoms with van der Waals surface area (Å²) in [5.41, 5.74) is 1.86. The van der Waals surface area contributed by atoms with E-state index in [1.807, 2.05) is 30.3 Å². The lowest BCUT2D eigenvalue weighted by Crippen LogP contribution is -2.35. The van der Waals surface area contributed by atoms with Crippen LogP contribution in [-0.2, 0) is 0 Å². The van der Waals surface area contributed by atoms with E-state index >= 15 is 0 Å². The van der Waals surface area contributed by atoms with Crippen molar-refractivity contribution < 1.29 is 9.50 Å². The number of hydrogen-bond donors (Lipinski definition) is 1. The van der Waals surface area contributed by atoms with Crippen LogP contribution in [0, 0.1) is 5.82 Å². The number of phenols is 1. The van der Waals surface area contributed by atoms with Gasteiger partial charge in [0.2, 0.25) is 0 Å². The first kappa shape index (κ1) is 17.1. The predicted molar refractivity (Wildman–Crippen MR) is 98.4 cm³/mol. The standard InChI is InChI=1S/C19H23FN2OS/c1-3-4-8-15-13-22(14-9-6-5-7-10-14)17-11-16(20)18(23)12-19(17)24-21(15)2/h5-7,9-12,15,23H,3-4,8,13H2,1-2H3. The van der Waals surface area contributed by atoms with Gasteiger partial charge in [0.1, 0.15) is 0 Å². The van der Waals surface area contributed by atoms with Gasteiger partial charge >= 0.3 is 0 Å². The van der Waals surface area contributed by atoms with Crippen molar-refractivity contribution >= 4 is 23.3 Å². The summed E-state index contributed by atoms with van der Waals surface area (Å²) in [5.74, 6) is -0.875. The number of nitrogens with zero attached hydrogens (tertiary/aromatic N) is 2.